The molecule has 92 valence electrons. The molecular weight excluding hydrogens is 216 g/mol. The minimum atomic E-state index is -3.14. The highest BCUT2D eigenvalue weighted by Gasteiger charge is 2.10. The molecule has 0 amide bonds. The van der Waals surface area contributed by atoms with Gasteiger partial charge in [-0.05, 0) is 19.9 Å². The van der Waals surface area contributed by atoms with Gasteiger partial charge in [-0.25, -0.2) is 13.1 Å². The van der Waals surface area contributed by atoms with Crippen molar-refractivity contribution in [1.29, 1.82) is 0 Å². The van der Waals surface area contributed by atoms with E-state index in [0.717, 1.165) is 6.54 Å². The van der Waals surface area contributed by atoms with Crippen molar-refractivity contribution in [3.8, 4) is 0 Å². The second-order valence-electron chi connectivity index (χ2n) is 3.47. The van der Waals surface area contributed by atoms with Gasteiger partial charge in [0.05, 0.1) is 5.75 Å². The molecule has 0 saturated heterocycles. The fourth-order valence-electron chi connectivity index (χ4n) is 1.14. The second-order valence-corrected chi connectivity index (χ2v) is 5.40. The highest BCUT2D eigenvalue weighted by molar-refractivity contribution is 7.89. The fourth-order valence-corrected chi connectivity index (χ4v) is 2.28. The first-order valence-corrected chi connectivity index (χ1v) is 6.86. The molecule has 0 aliphatic rings. The Hall–Kier alpha value is -0.170. The van der Waals surface area contributed by atoms with E-state index >= 15 is 0 Å². The van der Waals surface area contributed by atoms with Gasteiger partial charge in [0, 0.05) is 26.3 Å². The molecule has 0 aliphatic carbocycles. The van der Waals surface area contributed by atoms with Gasteiger partial charge in [-0.1, -0.05) is 6.92 Å². The lowest BCUT2D eigenvalue weighted by molar-refractivity contribution is 0.199. The van der Waals surface area contributed by atoms with Crippen LogP contribution in [0.15, 0.2) is 0 Å². The number of hydrogen-bond donors (Lipinski definition) is 2. The van der Waals surface area contributed by atoms with Crippen LogP contribution in [0.3, 0.4) is 0 Å². The summed E-state index contributed by atoms with van der Waals surface area (Å²) in [5.74, 6) is 0.125. The summed E-state index contributed by atoms with van der Waals surface area (Å²) in [4.78, 5) is 0. The minimum absolute atomic E-state index is 0.125. The predicted molar refractivity (Wildman–Crippen MR) is 61.4 cm³/mol. The van der Waals surface area contributed by atoms with Crippen LogP contribution in [0.1, 0.15) is 20.3 Å². The van der Waals surface area contributed by atoms with Crippen molar-refractivity contribution < 1.29 is 13.2 Å². The summed E-state index contributed by atoms with van der Waals surface area (Å²) < 4.78 is 30.2. The summed E-state index contributed by atoms with van der Waals surface area (Å²) in [6.45, 7) is 5.68. The summed E-state index contributed by atoms with van der Waals surface area (Å²) in [6.07, 6.45) is 0.529. The molecule has 5 nitrogen and oxygen atoms in total. The lowest BCUT2D eigenvalue weighted by Gasteiger charge is -2.13. The molecule has 0 aliphatic heterocycles. The van der Waals surface area contributed by atoms with Crippen LogP contribution >= 0.6 is 0 Å². The average Bonchev–Trinajstić information content (AvgIpc) is 2.16. The Kier molecular flexibility index (Phi) is 7.95. The van der Waals surface area contributed by atoms with Gasteiger partial charge in [0.1, 0.15) is 0 Å². The van der Waals surface area contributed by atoms with Gasteiger partial charge in [-0.15, -0.1) is 0 Å². The van der Waals surface area contributed by atoms with E-state index in [1.807, 2.05) is 13.8 Å². The highest BCUT2D eigenvalue weighted by Crippen LogP contribution is 1.91. The Balaban J connectivity index is 3.73. The lowest BCUT2D eigenvalue weighted by Crippen LogP contribution is -2.39. The molecule has 6 heteroatoms. The standard InChI is InChI=1S/C9H22N2O3S/c1-4-10-9(2)8-11-15(12,13)7-5-6-14-3/h9-11H,4-8H2,1-3H3/t9-/m1/s1. The molecule has 1 atom stereocenters. The quantitative estimate of drug-likeness (QED) is 0.552. The molecule has 0 aromatic heterocycles. The molecule has 0 spiro atoms. The first kappa shape index (κ1) is 14.8. The minimum Gasteiger partial charge on any atom is -0.385 e. The van der Waals surface area contributed by atoms with E-state index < -0.39 is 10.0 Å². The van der Waals surface area contributed by atoms with E-state index in [2.05, 4.69) is 10.0 Å². The van der Waals surface area contributed by atoms with Crippen molar-refractivity contribution in [2.24, 2.45) is 0 Å². The number of hydrogen-bond acceptors (Lipinski definition) is 4. The summed E-state index contributed by atoms with van der Waals surface area (Å²) in [5, 5.41) is 3.13. The van der Waals surface area contributed by atoms with Crippen molar-refractivity contribution in [2.75, 3.05) is 32.6 Å². The van der Waals surface area contributed by atoms with Crippen LogP contribution in [0.5, 0.6) is 0 Å². The number of ether oxygens (including phenoxy) is 1. The maximum absolute atomic E-state index is 11.4. The second kappa shape index (κ2) is 8.04. The largest absolute Gasteiger partial charge is 0.385 e. The molecule has 0 aromatic rings. The lowest BCUT2D eigenvalue weighted by atomic mass is 10.3. The van der Waals surface area contributed by atoms with Gasteiger partial charge in [0.25, 0.3) is 0 Å². The van der Waals surface area contributed by atoms with Crippen molar-refractivity contribution in [1.82, 2.24) is 10.0 Å². The molecule has 0 radical (unpaired) electrons. The van der Waals surface area contributed by atoms with Gasteiger partial charge in [-0.2, -0.15) is 0 Å². The van der Waals surface area contributed by atoms with Crippen LogP contribution in [-0.4, -0.2) is 47.0 Å². The Morgan fingerprint density at radius 1 is 1.40 bits per heavy atom. The molecule has 2 N–H and O–H groups in total. The van der Waals surface area contributed by atoms with E-state index in [4.69, 9.17) is 4.74 Å². The first-order chi connectivity index (χ1) is 7.02. The summed E-state index contributed by atoms with van der Waals surface area (Å²) in [7, 11) is -1.57. The van der Waals surface area contributed by atoms with Gasteiger partial charge < -0.3 is 10.1 Å². The molecule has 0 aromatic carbocycles. The highest BCUT2D eigenvalue weighted by atomic mass is 32.2. The van der Waals surface area contributed by atoms with E-state index in [1.54, 1.807) is 7.11 Å². The topological polar surface area (TPSA) is 67.4 Å². The van der Waals surface area contributed by atoms with Gasteiger partial charge >= 0.3 is 0 Å². The molecule has 15 heavy (non-hydrogen) atoms. The zero-order chi connectivity index (χ0) is 11.7. The average molecular weight is 238 g/mol. The number of sulfonamides is 1. The normalized spacial score (nSPS) is 14.1. The van der Waals surface area contributed by atoms with E-state index in [1.165, 1.54) is 0 Å². The van der Waals surface area contributed by atoms with Crippen LogP contribution < -0.4 is 10.0 Å². The van der Waals surface area contributed by atoms with Crippen LogP contribution in [0.4, 0.5) is 0 Å². The number of nitrogens with one attached hydrogen (secondary N) is 2. The van der Waals surface area contributed by atoms with Crippen LogP contribution in [0, 0.1) is 0 Å². The monoisotopic (exact) mass is 238 g/mol. The van der Waals surface area contributed by atoms with E-state index in [9.17, 15) is 8.42 Å². The van der Waals surface area contributed by atoms with E-state index in [-0.39, 0.29) is 11.8 Å². The number of methoxy groups -OCH3 is 1. The molecule has 0 bridgehead atoms. The number of rotatable bonds is 9. The molecule has 0 saturated carbocycles. The Morgan fingerprint density at radius 2 is 2.07 bits per heavy atom. The molecule has 0 rings (SSSR count). The van der Waals surface area contributed by atoms with Gasteiger partial charge in [-0.3, -0.25) is 0 Å². The summed E-state index contributed by atoms with van der Waals surface area (Å²) in [5.41, 5.74) is 0. The van der Waals surface area contributed by atoms with Gasteiger partial charge in [0.2, 0.25) is 10.0 Å². The van der Waals surface area contributed by atoms with E-state index in [0.29, 0.717) is 19.6 Å². The number of likely N-dealkylation sites (N-methyl/N-ethyl adjacent to an activating group) is 1. The molecular formula is C9H22N2O3S. The fraction of sp³-hybridized carbons (Fsp3) is 1.00. The van der Waals surface area contributed by atoms with Crippen molar-refractivity contribution in [3.05, 3.63) is 0 Å². The third kappa shape index (κ3) is 8.80. The maximum Gasteiger partial charge on any atom is 0.211 e. The van der Waals surface area contributed by atoms with Crippen molar-refractivity contribution in [2.45, 2.75) is 26.3 Å². The molecule has 0 unspecified atom stereocenters. The van der Waals surface area contributed by atoms with Crippen molar-refractivity contribution in [3.63, 3.8) is 0 Å². The van der Waals surface area contributed by atoms with Crippen LogP contribution in [0.25, 0.3) is 0 Å². The smallest absolute Gasteiger partial charge is 0.211 e. The Bertz CT molecular complexity index is 242. The third-order valence-electron chi connectivity index (χ3n) is 1.92. The Labute approximate surface area is 92.6 Å². The SMILES string of the molecule is CCN[C@H](C)CNS(=O)(=O)CCCOC. The first-order valence-electron chi connectivity index (χ1n) is 5.21. The predicted octanol–water partition coefficient (Wildman–Crippen LogP) is -0.0597. The maximum atomic E-state index is 11.4. The van der Waals surface area contributed by atoms with Gasteiger partial charge in [0.15, 0.2) is 0 Å². The van der Waals surface area contributed by atoms with Crippen molar-refractivity contribution >= 4 is 10.0 Å². The summed E-state index contributed by atoms with van der Waals surface area (Å²) in [6, 6.07) is 0.159. The zero-order valence-electron chi connectivity index (χ0n) is 9.75. The molecule has 0 heterocycles. The van der Waals surface area contributed by atoms with Crippen LogP contribution in [0.2, 0.25) is 0 Å². The Morgan fingerprint density at radius 3 is 2.60 bits per heavy atom. The third-order valence-corrected chi connectivity index (χ3v) is 3.36. The molecule has 0 fully saturated rings. The van der Waals surface area contributed by atoms with Crippen LogP contribution in [-0.2, 0) is 14.8 Å². The summed E-state index contributed by atoms with van der Waals surface area (Å²) >= 11 is 0. The zero-order valence-corrected chi connectivity index (χ0v) is 10.6.